The van der Waals surface area contributed by atoms with Crippen molar-refractivity contribution in [2.45, 2.75) is 52.6 Å². The lowest BCUT2D eigenvalue weighted by atomic mass is 9.93. The molecule has 5 rings (SSSR count). The van der Waals surface area contributed by atoms with Gasteiger partial charge in [0.15, 0.2) is 5.65 Å². The van der Waals surface area contributed by atoms with Gasteiger partial charge in [0.2, 0.25) is 11.1 Å². The average molecular weight is 468 g/mol. The number of thiazole rings is 1. The fourth-order valence-corrected chi connectivity index (χ4v) is 5.05. The molecule has 0 amide bonds. The monoisotopic (exact) mass is 467 g/mol. The average Bonchev–Trinajstić information content (AvgIpc) is 3.37. The molecule has 1 aromatic carbocycles. The van der Waals surface area contributed by atoms with Gasteiger partial charge in [0, 0.05) is 30.1 Å². The third-order valence-electron chi connectivity index (χ3n) is 5.84. The number of rotatable bonds is 4. The van der Waals surface area contributed by atoms with Crippen molar-refractivity contribution in [1.82, 2.24) is 29.6 Å². The molecule has 1 aliphatic rings. The molecular formula is C23H26FN7OS. The fourth-order valence-electron chi connectivity index (χ4n) is 3.99. The number of hydrogen-bond acceptors (Lipinski definition) is 7. The first-order chi connectivity index (χ1) is 15.8. The molecule has 4 aromatic rings. The maximum Gasteiger partial charge on any atom is 0.278 e. The Morgan fingerprint density at radius 3 is 2.79 bits per heavy atom. The quantitative estimate of drug-likeness (QED) is 0.473. The second-order valence-electron chi connectivity index (χ2n) is 9.18. The van der Waals surface area contributed by atoms with Crippen LogP contribution in [-0.2, 0) is 24.9 Å². The van der Waals surface area contributed by atoms with E-state index in [1.807, 2.05) is 12.3 Å². The third kappa shape index (κ3) is 3.83. The van der Waals surface area contributed by atoms with E-state index in [-0.39, 0.29) is 22.7 Å². The summed E-state index contributed by atoms with van der Waals surface area (Å²) in [5.41, 5.74) is 3.46. The van der Waals surface area contributed by atoms with Crippen LogP contribution < -0.4 is 16.2 Å². The summed E-state index contributed by atoms with van der Waals surface area (Å²) < 4.78 is 18.1. The molecule has 4 heterocycles. The number of fused-ring (bicyclic) bond motifs is 2. The lowest BCUT2D eigenvalue weighted by Gasteiger charge is -2.18. The van der Waals surface area contributed by atoms with E-state index in [0.717, 1.165) is 29.8 Å². The van der Waals surface area contributed by atoms with Gasteiger partial charge in [-0.3, -0.25) is 4.79 Å². The largest absolute Gasteiger partial charge is 0.322 e. The van der Waals surface area contributed by atoms with Gasteiger partial charge in [0.1, 0.15) is 11.2 Å². The van der Waals surface area contributed by atoms with Crippen LogP contribution in [0.25, 0.3) is 16.2 Å². The predicted octanol–water partition coefficient (Wildman–Crippen LogP) is 3.88. The zero-order valence-corrected chi connectivity index (χ0v) is 19.9. The highest BCUT2D eigenvalue weighted by Gasteiger charge is 2.23. The maximum absolute atomic E-state index is 14.8. The molecule has 0 saturated heterocycles. The summed E-state index contributed by atoms with van der Waals surface area (Å²) in [6.45, 7) is 10.2. The van der Waals surface area contributed by atoms with Crippen molar-refractivity contribution < 1.29 is 4.39 Å². The molecule has 0 saturated carbocycles. The molecule has 0 radical (unpaired) electrons. The Kier molecular flexibility index (Phi) is 5.29. The predicted molar refractivity (Wildman–Crippen MR) is 128 cm³/mol. The minimum absolute atomic E-state index is 0.115. The van der Waals surface area contributed by atoms with Gasteiger partial charge < -0.3 is 10.6 Å². The number of anilines is 2. The maximum atomic E-state index is 14.8. The van der Waals surface area contributed by atoms with E-state index in [1.54, 1.807) is 21.5 Å². The molecule has 1 aliphatic heterocycles. The summed E-state index contributed by atoms with van der Waals surface area (Å²) in [7, 11) is 0. The Bertz CT molecular complexity index is 1410. The molecule has 10 heteroatoms. The highest BCUT2D eigenvalue weighted by Crippen LogP contribution is 2.28. The normalized spacial score (nSPS) is 14.0. The molecular weight excluding hydrogens is 441 g/mol. The molecule has 8 nitrogen and oxygen atoms in total. The summed E-state index contributed by atoms with van der Waals surface area (Å²) >= 11 is 1.46. The molecule has 2 N–H and O–H groups in total. The van der Waals surface area contributed by atoms with Gasteiger partial charge >= 0.3 is 0 Å². The molecule has 33 heavy (non-hydrogen) atoms. The Morgan fingerprint density at radius 1 is 1.24 bits per heavy atom. The topological polar surface area (TPSA) is 89.7 Å². The number of nitrogens with one attached hydrogen (secondary N) is 2. The summed E-state index contributed by atoms with van der Waals surface area (Å²) in [6, 6.07) is 3.37. The van der Waals surface area contributed by atoms with Crippen LogP contribution in [0.15, 0.2) is 28.5 Å². The first kappa shape index (κ1) is 21.7. The SMILES string of the molecule is CCn1c(=O)c2cnc(Nc3cc4c(cc3F)CCNC4)nc2n1-c1nc(C(C)(C)C)cs1. The Hall–Kier alpha value is -3.11. The molecule has 3 aromatic heterocycles. The van der Waals surface area contributed by atoms with Crippen molar-refractivity contribution in [2.75, 3.05) is 11.9 Å². The van der Waals surface area contributed by atoms with E-state index in [9.17, 15) is 9.18 Å². The van der Waals surface area contributed by atoms with E-state index in [1.165, 1.54) is 17.5 Å². The van der Waals surface area contributed by atoms with Crippen LogP contribution in [0.2, 0.25) is 0 Å². The minimum atomic E-state index is -0.349. The lowest BCUT2D eigenvalue weighted by molar-refractivity contribution is 0.554. The summed E-state index contributed by atoms with van der Waals surface area (Å²) in [5, 5.41) is 9.36. The van der Waals surface area contributed by atoms with Crippen molar-refractivity contribution in [2.24, 2.45) is 0 Å². The van der Waals surface area contributed by atoms with Crippen molar-refractivity contribution in [1.29, 1.82) is 0 Å². The van der Waals surface area contributed by atoms with Gasteiger partial charge in [-0.15, -0.1) is 11.3 Å². The Labute approximate surface area is 194 Å². The van der Waals surface area contributed by atoms with Crippen LogP contribution in [0.4, 0.5) is 16.0 Å². The van der Waals surface area contributed by atoms with Gasteiger partial charge in [0.05, 0.1) is 11.4 Å². The van der Waals surface area contributed by atoms with Crippen LogP contribution in [-0.4, -0.2) is 30.9 Å². The molecule has 0 unspecified atom stereocenters. The molecule has 172 valence electrons. The number of halogens is 1. The second-order valence-corrected chi connectivity index (χ2v) is 10.0. The number of nitrogens with zero attached hydrogens (tertiary/aromatic N) is 5. The first-order valence-electron chi connectivity index (χ1n) is 11.0. The molecule has 0 aliphatic carbocycles. The number of aromatic nitrogens is 5. The summed E-state index contributed by atoms with van der Waals surface area (Å²) in [5.74, 6) is -0.127. The van der Waals surface area contributed by atoms with E-state index in [2.05, 4.69) is 41.4 Å². The van der Waals surface area contributed by atoms with Crippen molar-refractivity contribution in [3.8, 4) is 5.13 Å². The van der Waals surface area contributed by atoms with Crippen molar-refractivity contribution in [3.63, 3.8) is 0 Å². The van der Waals surface area contributed by atoms with Gasteiger partial charge in [-0.05, 0) is 43.1 Å². The van der Waals surface area contributed by atoms with E-state index >= 15 is 0 Å². The minimum Gasteiger partial charge on any atom is -0.322 e. The molecule has 0 spiro atoms. The second kappa shape index (κ2) is 8.03. The van der Waals surface area contributed by atoms with Crippen LogP contribution in [0.5, 0.6) is 0 Å². The molecule has 0 fully saturated rings. The summed E-state index contributed by atoms with van der Waals surface area (Å²) in [4.78, 5) is 26.7. The number of benzene rings is 1. The highest BCUT2D eigenvalue weighted by molar-refractivity contribution is 7.12. The third-order valence-corrected chi connectivity index (χ3v) is 6.66. The van der Waals surface area contributed by atoms with E-state index in [0.29, 0.717) is 34.9 Å². The number of hydrogen-bond donors (Lipinski definition) is 2. The van der Waals surface area contributed by atoms with Crippen molar-refractivity contribution >= 4 is 34.0 Å². The van der Waals surface area contributed by atoms with Gasteiger partial charge in [-0.1, -0.05) is 20.8 Å². The van der Waals surface area contributed by atoms with E-state index < -0.39 is 0 Å². The molecule has 0 bridgehead atoms. The standard InChI is InChI=1S/C23H26FN7OS/c1-5-30-20(32)15-11-26-21(27-17-9-14-10-25-7-6-13(14)8-16(17)24)29-19(15)31(30)22-28-18(12-33-22)23(2,3)4/h8-9,11-12,25H,5-7,10H2,1-4H3,(H,26,27,29). The zero-order valence-electron chi connectivity index (χ0n) is 19.1. The van der Waals surface area contributed by atoms with Crippen LogP contribution in [0.3, 0.4) is 0 Å². The smallest absolute Gasteiger partial charge is 0.278 e. The van der Waals surface area contributed by atoms with Crippen molar-refractivity contribution in [3.05, 3.63) is 56.7 Å². The lowest BCUT2D eigenvalue weighted by Crippen LogP contribution is -2.23. The molecule has 0 atom stereocenters. The van der Waals surface area contributed by atoms with Gasteiger partial charge in [-0.2, -0.15) is 4.98 Å². The van der Waals surface area contributed by atoms with Crippen LogP contribution in [0.1, 0.15) is 44.5 Å². The van der Waals surface area contributed by atoms with Gasteiger partial charge in [0.25, 0.3) is 5.56 Å². The van der Waals surface area contributed by atoms with Gasteiger partial charge in [-0.25, -0.2) is 23.7 Å². The van der Waals surface area contributed by atoms with Crippen LogP contribution >= 0.6 is 11.3 Å². The Morgan fingerprint density at radius 2 is 2.06 bits per heavy atom. The highest BCUT2D eigenvalue weighted by atomic mass is 32.1. The summed E-state index contributed by atoms with van der Waals surface area (Å²) in [6.07, 6.45) is 2.29. The first-order valence-corrected chi connectivity index (χ1v) is 11.9. The van der Waals surface area contributed by atoms with E-state index in [4.69, 9.17) is 4.98 Å². The fraction of sp³-hybridized carbons (Fsp3) is 0.391. The zero-order chi connectivity index (χ0) is 23.3. The Balaban J connectivity index is 1.60. The van der Waals surface area contributed by atoms with Crippen LogP contribution in [0, 0.1) is 5.82 Å².